The van der Waals surface area contributed by atoms with Crippen LogP contribution in [0, 0.1) is 12.7 Å². The molecule has 0 bridgehead atoms. The van der Waals surface area contributed by atoms with Crippen molar-refractivity contribution in [3.63, 3.8) is 0 Å². The smallest absolute Gasteiger partial charge is 0.319 e. The third-order valence-electron chi connectivity index (χ3n) is 2.83. The van der Waals surface area contributed by atoms with Crippen molar-refractivity contribution in [3.8, 4) is 0 Å². The van der Waals surface area contributed by atoms with Gasteiger partial charge in [-0.1, -0.05) is 6.07 Å². The number of carbonyl (C=O) groups is 1. The van der Waals surface area contributed by atoms with Gasteiger partial charge in [0.1, 0.15) is 5.82 Å². The molecule has 0 aromatic heterocycles. The fraction of sp³-hybridized carbons (Fsp3) is 0.417. The third-order valence-corrected chi connectivity index (χ3v) is 2.83. The monoisotopic (exact) mass is 237 g/mol. The summed E-state index contributed by atoms with van der Waals surface area (Å²) in [5.41, 5.74) is 1.03. The lowest BCUT2D eigenvalue weighted by molar-refractivity contribution is 0.249. The van der Waals surface area contributed by atoms with Crippen molar-refractivity contribution >= 4 is 11.7 Å². The molecule has 1 fully saturated rings. The summed E-state index contributed by atoms with van der Waals surface area (Å²) in [5, 5.41) is 8.60. The van der Waals surface area contributed by atoms with Gasteiger partial charge in [0.2, 0.25) is 0 Å². The van der Waals surface area contributed by atoms with Gasteiger partial charge < -0.3 is 16.0 Å². The normalized spacial score (nSPS) is 19.1. The van der Waals surface area contributed by atoms with E-state index in [1.807, 2.05) is 0 Å². The fourth-order valence-corrected chi connectivity index (χ4v) is 1.80. The minimum atomic E-state index is -0.315. The summed E-state index contributed by atoms with van der Waals surface area (Å²) < 4.78 is 13.3. The number of benzene rings is 1. The highest BCUT2D eigenvalue weighted by atomic mass is 19.1. The third kappa shape index (κ3) is 3.17. The number of halogens is 1. The molecular weight excluding hydrogens is 221 g/mol. The van der Waals surface area contributed by atoms with E-state index in [2.05, 4.69) is 16.0 Å². The quantitative estimate of drug-likeness (QED) is 0.732. The molecule has 1 aromatic rings. The predicted molar refractivity (Wildman–Crippen MR) is 64.6 cm³/mol. The van der Waals surface area contributed by atoms with Crippen LogP contribution in [0.15, 0.2) is 18.2 Å². The van der Waals surface area contributed by atoms with Crippen LogP contribution in [-0.4, -0.2) is 25.2 Å². The Kier molecular flexibility index (Phi) is 3.58. The van der Waals surface area contributed by atoms with E-state index in [0.717, 1.165) is 19.5 Å². The summed E-state index contributed by atoms with van der Waals surface area (Å²) >= 11 is 0. The van der Waals surface area contributed by atoms with Crippen LogP contribution in [0.2, 0.25) is 0 Å². The average Bonchev–Trinajstić information content (AvgIpc) is 2.76. The van der Waals surface area contributed by atoms with E-state index in [9.17, 15) is 9.18 Å². The average molecular weight is 237 g/mol. The van der Waals surface area contributed by atoms with Gasteiger partial charge in [-0.15, -0.1) is 0 Å². The molecule has 2 rings (SSSR count). The Morgan fingerprint density at radius 2 is 2.35 bits per heavy atom. The van der Waals surface area contributed by atoms with Crippen molar-refractivity contribution in [2.24, 2.45) is 0 Å². The first-order valence-electron chi connectivity index (χ1n) is 5.69. The zero-order valence-corrected chi connectivity index (χ0v) is 9.72. The van der Waals surface area contributed by atoms with Crippen molar-refractivity contribution in [2.45, 2.75) is 19.4 Å². The maximum Gasteiger partial charge on any atom is 0.319 e. The lowest BCUT2D eigenvalue weighted by Crippen LogP contribution is -2.39. The SMILES string of the molecule is Cc1ccc(NC(=O)NC2CCNC2)cc1F. The molecule has 3 N–H and O–H groups in total. The van der Waals surface area contributed by atoms with Gasteiger partial charge in [0.25, 0.3) is 0 Å². The predicted octanol–water partition coefficient (Wildman–Crippen LogP) is 1.62. The molecule has 5 heteroatoms. The Balaban J connectivity index is 1.90. The Bertz CT molecular complexity index is 416. The summed E-state index contributed by atoms with van der Waals surface area (Å²) in [5.74, 6) is -0.315. The lowest BCUT2D eigenvalue weighted by atomic mass is 10.2. The van der Waals surface area contributed by atoms with Crippen molar-refractivity contribution < 1.29 is 9.18 Å². The molecule has 4 nitrogen and oxygen atoms in total. The number of urea groups is 1. The van der Waals surface area contributed by atoms with Crippen LogP contribution in [0.3, 0.4) is 0 Å². The molecule has 1 aromatic carbocycles. The highest BCUT2D eigenvalue weighted by Gasteiger charge is 2.16. The van der Waals surface area contributed by atoms with Gasteiger partial charge in [-0.25, -0.2) is 9.18 Å². The second-order valence-electron chi connectivity index (χ2n) is 4.25. The van der Waals surface area contributed by atoms with Crippen LogP contribution < -0.4 is 16.0 Å². The van der Waals surface area contributed by atoms with Crippen LogP contribution >= 0.6 is 0 Å². The molecule has 0 spiro atoms. The van der Waals surface area contributed by atoms with Gasteiger partial charge >= 0.3 is 6.03 Å². The van der Waals surface area contributed by atoms with Crippen LogP contribution in [-0.2, 0) is 0 Å². The Labute approximate surface area is 99.6 Å². The number of nitrogens with one attached hydrogen (secondary N) is 3. The highest BCUT2D eigenvalue weighted by Crippen LogP contribution is 2.13. The van der Waals surface area contributed by atoms with Crippen LogP contribution in [0.4, 0.5) is 14.9 Å². The minimum absolute atomic E-state index is 0.158. The number of amides is 2. The standard InChI is InChI=1S/C12H16FN3O/c1-8-2-3-9(6-11(8)13)15-12(17)16-10-4-5-14-7-10/h2-3,6,10,14H,4-5,7H2,1H3,(H2,15,16,17). The number of hydrogen-bond donors (Lipinski definition) is 3. The van der Waals surface area contributed by atoms with Crippen molar-refractivity contribution in [1.29, 1.82) is 0 Å². The first kappa shape index (κ1) is 11.9. The van der Waals surface area contributed by atoms with Gasteiger partial charge in [-0.05, 0) is 37.6 Å². The molecule has 1 aliphatic heterocycles. The molecule has 0 aliphatic carbocycles. The molecule has 1 heterocycles. The molecular formula is C12H16FN3O. The zero-order valence-electron chi connectivity index (χ0n) is 9.72. The minimum Gasteiger partial charge on any atom is -0.334 e. The molecule has 0 radical (unpaired) electrons. The van der Waals surface area contributed by atoms with Crippen LogP contribution in [0.5, 0.6) is 0 Å². The molecule has 0 saturated carbocycles. The van der Waals surface area contributed by atoms with Crippen molar-refractivity contribution in [3.05, 3.63) is 29.6 Å². The second-order valence-corrected chi connectivity index (χ2v) is 4.25. The van der Waals surface area contributed by atoms with Gasteiger partial charge in [0.15, 0.2) is 0 Å². The van der Waals surface area contributed by atoms with Gasteiger partial charge in [-0.3, -0.25) is 0 Å². The maximum atomic E-state index is 13.3. The summed E-state index contributed by atoms with van der Waals surface area (Å²) in [6.45, 7) is 3.39. The molecule has 2 amide bonds. The lowest BCUT2D eigenvalue weighted by Gasteiger charge is -2.12. The summed E-state index contributed by atoms with van der Waals surface area (Å²) in [6, 6.07) is 4.52. The van der Waals surface area contributed by atoms with E-state index in [0.29, 0.717) is 11.3 Å². The van der Waals surface area contributed by atoms with Gasteiger partial charge in [-0.2, -0.15) is 0 Å². The fourth-order valence-electron chi connectivity index (χ4n) is 1.80. The van der Waals surface area contributed by atoms with E-state index < -0.39 is 0 Å². The molecule has 92 valence electrons. The number of hydrogen-bond acceptors (Lipinski definition) is 2. The Morgan fingerprint density at radius 1 is 1.53 bits per heavy atom. The van der Waals surface area contributed by atoms with Crippen LogP contribution in [0.25, 0.3) is 0 Å². The summed E-state index contributed by atoms with van der Waals surface area (Å²) in [7, 11) is 0. The van der Waals surface area contributed by atoms with E-state index >= 15 is 0 Å². The molecule has 1 unspecified atom stereocenters. The molecule has 1 atom stereocenters. The van der Waals surface area contributed by atoms with Gasteiger partial charge in [0, 0.05) is 18.3 Å². The van der Waals surface area contributed by atoms with Crippen LogP contribution in [0.1, 0.15) is 12.0 Å². The molecule has 1 aliphatic rings. The van der Waals surface area contributed by atoms with E-state index in [-0.39, 0.29) is 17.9 Å². The largest absolute Gasteiger partial charge is 0.334 e. The number of aryl methyl sites for hydroxylation is 1. The maximum absolute atomic E-state index is 13.3. The number of carbonyl (C=O) groups excluding carboxylic acids is 1. The van der Waals surface area contributed by atoms with E-state index in [1.54, 1.807) is 19.1 Å². The van der Waals surface area contributed by atoms with E-state index in [4.69, 9.17) is 0 Å². The Hall–Kier alpha value is -1.62. The Morgan fingerprint density at radius 3 is 3.00 bits per heavy atom. The number of anilines is 1. The first-order chi connectivity index (χ1) is 8.15. The summed E-state index contributed by atoms with van der Waals surface area (Å²) in [4.78, 5) is 11.6. The second kappa shape index (κ2) is 5.14. The highest BCUT2D eigenvalue weighted by molar-refractivity contribution is 5.89. The number of rotatable bonds is 2. The zero-order chi connectivity index (χ0) is 12.3. The molecule has 17 heavy (non-hydrogen) atoms. The summed E-state index contributed by atoms with van der Waals surface area (Å²) in [6.07, 6.45) is 0.926. The van der Waals surface area contributed by atoms with Crippen molar-refractivity contribution in [1.82, 2.24) is 10.6 Å². The van der Waals surface area contributed by atoms with E-state index in [1.165, 1.54) is 6.07 Å². The molecule has 1 saturated heterocycles. The van der Waals surface area contributed by atoms with Gasteiger partial charge in [0.05, 0.1) is 0 Å². The first-order valence-corrected chi connectivity index (χ1v) is 5.69. The van der Waals surface area contributed by atoms with Crippen molar-refractivity contribution in [2.75, 3.05) is 18.4 Å². The topological polar surface area (TPSA) is 53.2 Å².